The normalized spacial score (nSPS) is 11.7. The van der Waals surface area contributed by atoms with Gasteiger partial charge < -0.3 is 4.74 Å². The van der Waals surface area contributed by atoms with Crippen LogP contribution >= 0.6 is 0 Å². The van der Waals surface area contributed by atoms with Crippen molar-refractivity contribution in [3.63, 3.8) is 0 Å². The number of benzene rings is 3. The van der Waals surface area contributed by atoms with E-state index in [9.17, 15) is 8.42 Å². The van der Waals surface area contributed by atoms with Crippen LogP contribution in [0.5, 0.6) is 5.75 Å². The van der Waals surface area contributed by atoms with Crippen molar-refractivity contribution in [3.05, 3.63) is 71.3 Å². The van der Waals surface area contributed by atoms with Crippen molar-refractivity contribution in [1.29, 1.82) is 0 Å². The summed E-state index contributed by atoms with van der Waals surface area (Å²) in [4.78, 5) is 0.268. The smallest absolute Gasteiger partial charge is 0.240 e. The molecular formula is C22H25NO3S. The van der Waals surface area contributed by atoms with Gasteiger partial charge >= 0.3 is 0 Å². The summed E-state index contributed by atoms with van der Waals surface area (Å²) in [5.41, 5.74) is 3.41. The van der Waals surface area contributed by atoms with Crippen molar-refractivity contribution >= 4 is 20.8 Å². The maximum atomic E-state index is 12.8. The molecule has 0 bridgehead atoms. The van der Waals surface area contributed by atoms with Gasteiger partial charge in [0.15, 0.2) is 0 Å². The molecule has 0 amide bonds. The van der Waals surface area contributed by atoms with Crippen LogP contribution in [0.15, 0.2) is 59.5 Å². The first-order valence-electron chi connectivity index (χ1n) is 9.15. The van der Waals surface area contributed by atoms with Gasteiger partial charge in [0, 0.05) is 6.54 Å². The lowest BCUT2D eigenvalue weighted by atomic mass is 10.0. The number of rotatable bonds is 7. The minimum absolute atomic E-state index is 0.268. The molecule has 0 atom stereocenters. The fourth-order valence-corrected chi connectivity index (χ4v) is 4.20. The number of aryl methyl sites for hydroxylation is 2. The lowest BCUT2D eigenvalue weighted by Gasteiger charge is -2.12. The topological polar surface area (TPSA) is 55.4 Å². The molecule has 0 saturated carbocycles. The van der Waals surface area contributed by atoms with Crippen LogP contribution in [0.25, 0.3) is 10.8 Å². The number of sulfonamides is 1. The lowest BCUT2D eigenvalue weighted by Crippen LogP contribution is -2.24. The third-order valence-electron chi connectivity index (χ3n) is 4.84. The fourth-order valence-electron chi connectivity index (χ4n) is 3.16. The molecular weight excluding hydrogens is 358 g/mol. The zero-order valence-electron chi connectivity index (χ0n) is 16.0. The van der Waals surface area contributed by atoms with Gasteiger partial charge in [0.25, 0.3) is 0 Å². The maximum absolute atomic E-state index is 12.8. The van der Waals surface area contributed by atoms with Gasteiger partial charge in [-0.15, -0.1) is 0 Å². The molecule has 142 valence electrons. The molecule has 1 N–H and O–H groups in total. The van der Waals surface area contributed by atoms with Crippen LogP contribution in [0.2, 0.25) is 0 Å². The quantitative estimate of drug-likeness (QED) is 0.656. The molecule has 4 nitrogen and oxygen atoms in total. The number of hydrogen-bond donors (Lipinski definition) is 1. The van der Waals surface area contributed by atoms with E-state index in [2.05, 4.69) is 36.8 Å². The number of methoxy groups -OCH3 is 1. The maximum Gasteiger partial charge on any atom is 0.240 e. The minimum Gasteiger partial charge on any atom is -0.497 e. The van der Waals surface area contributed by atoms with Crippen LogP contribution in [0.1, 0.15) is 30.5 Å². The molecule has 0 aliphatic heterocycles. The fraction of sp³-hybridized carbons (Fsp3) is 0.273. The van der Waals surface area contributed by atoms with E-state index in [1.807, 2.05) is 24.3 Å². The first-order chi connectivity index (χ1) is 13.0. The van der Waals surface area contributed by atoms with Gasteiger partial charge in [0.05, 0.1) is 12.0 Å². The standard InChI is InChI=1S/C22H25NO3S/c1-4-16-6-7-17(5-2)20(12-16)15-23-27(24,25)22-11-9-18-13-21(26-3)10-8-19(18)14-22/h6-14,23H,4-5,15H2,1-3H3. The minimum atomic E-state index is -3.59. The van der Waals surface area contributed by atoms with Crippen molar-refractivity contribution in [1.82, 2.24) is 4.72 Å². The van der Waals surface area contributed by atoms with Crippen molar-refractivity contribution in [2.24, 2.45) is 0 Å². The summed E-state index contributed by atoms with van der Waals surface area (Å²) in [6.45, 7) is 4.47. The molecule has 0 fully saturated rings. The van der Waals surface area contributed by atoms with E-state index in [1.165, 1.54) is 11.1 Å². The molecule has 0 radical (unpaired) electrons. The summed E-state index contributed by atoms with van der Waals surface area (Å²) in [7, 11) is -1.98. The van der Waals surface area contributed by atoms with Gasteiger partial charge in [-0.3, -0.25) is 0 Å². The number of hydrogen-bond acceptors (Lipinski definition) is 3. The molecule has 3 aromatic rings. The second-order valence-electron chi connectivity index (χ2n) is 6.51. The Labute approximate surface area is 161 Å². The van der Waals surface area contributed by atoms with Crippen molar-refractivity contribution in [2.75, 3.05) is 7.11 Å². The van der Waals surface area contributed by atoms with Crippen LogP contribution < -0.4 is 9.46 Å². The van der Waals surface area contributed by atoms with E-state index < -0.39 is 10.0 Å². The molecule has 5 heteroatoms. The first kappa shape index (κ1) is 19.4. The van der Waals surface area contributed by atoms with Gasteiger partial charge in [0.1, 0.15) is 5.75 Å². The summed E-state index contributed by atoms with van der Waals surface area (Å²) >= 11 is 0. The molecule has 0 spiro atoms. The van der Waals surface area contributed by atoms with Crippen molar-refractivity contribution in [2.45, 2.75) is 38.1 Å². The van der Waals surface area contributed by atoms with E-state index >= 15 is 0 Å². The predicted octanol–water partition coefficient (Wildman–Crippen LogP) is 4.45. The first-order valence-corrected chi connectivity index (χ1v) is 10.6. The largest absolute Gasteiger partial charge is 0.497 e. The van der Waals surface area contributed by atoms with Crippen molar-refractivity contribution < 1.29 is 13.2 Å². The van der Waals surface area contributed by atoms with E-state index in [1.54, 1.807) is 19.2 Å². The van der Waals surface area contributed by atoms with Crippen molar-refractivity contribution in [3.8, 4) is 5.75 Å². The summed E-state index contributed by atoms with van der Waals surface area (Å²) in [5, 5.41) is 1.80. The number of ether oxygens (including phenoxy) is 1. The van der Waals surface area contributed by atoms with E-state index in [0.29, 0.717) is 6.54 Å². The Morgan fingerprint density at radius 2 is 1.59 bits per heavy atom. The monoisotopic (exact) mass is 383 g/mol. The molecule has 0 aliphatic rings. The zero-order chi connectivity index (χ0) is 19.4. The molecule has 0 saturated heterocycles. The van der Waals surface area contributed by atoms with Crippen LogP contribution in [-0.2, 0) is 29.4 Å². The summed E-state index contributed by atoms with van der Waals surface area (Å²) in [6.07, 6.45) is 1.80. The average Bonchev–Trinajstić information content (AvgIpc) is 2.71. The molecule has 0 heterocycles. The summed E-state index contributed by atoms with van der Waals surface area (Å²) in [6, 6.07) is 17.0. The highest BCUT2D eigenvalue weighted by Gasteiger charge is 2.15. The second kappa shape index (κ2) is 8.11. The summed E-state index contributed by atoms with van der Waals surface area (Å²) in [5.74, 6) is 0.749. The Hall–Kier alpha value is -2.37. The van der Waals surface area contributed by atoms with Crippen LogP contribution in [0.4, 0.5) is 0 Å². The van der Waals surface area contributed by atoms with Gasteiger partial charge in [0.2, 0.25) is 10.0 Å². The molecule has 3 rings (SSSR count). The highest BCUT2D eigenvalue weighted by Crippen LogP contribution is 2.24. The zero-order valence-corrected chi connectivity index (χ0v) is 16.8. The van der Waals surface area contributed by atoms with Gasteiger partial charge in [-0.25, -0.2) is 13.1 Å². The van der Waals surface area contributed by atoms with Gasteiger partial charge in [-0.2, -0.15) is 0 Å². The number of nitrogens with one attached hydrogen (secondary N) is 1. The molecule has 0 unspecified atom stereocenters. The Balaban J connectivity index is 1.86. The van der Waals surface area contributed by atoms with Crippen LogP contribution in [0.3, 0.4) is 0 Å². The van der Waals surface area contributed by atoms with E-state index in [0.717, 1.165) is 34.9 Å². The van der Waals surface area contributed by atoms with Gasteiger partial charge in [-0.1, -0.05) is 44.2 Å². The third-order valence-corrected chi connectivity index (χ3v) is 6.24. The van der Waals surface area contributed by atoms with E-state index in [-0.39, 0.29) is 4.90 Å². The predicted molar refractivity (Wildman–Crippen MR) is 110 cm³/mol. The molecule has 0 aliphatic carbocycles. The number of fused-ring (bicyclic) bond motifs is 1. The molecule has 0 aromatic heterocycles. The lowest BCUT2D eigenvalue weighted by molar-refractivity contribution is 0.415. The van der Waals surface area contributed by atoms with Crippen LogP contribution in [-0.4, -0.2) is 15.5 Å². The molecule has 27 heavy (non-hydrogen) atoms. The van der Waals surface area contributed by atoms with E-state index in [4.69, 9.17) is 4.74 Å². The highest BCUT2D eigenvalue weighted by atomic mass is 32.2. The Morgan fingerprint density at radius 1 is 0.852 bits per heavy atom. The molecule has 3 aromatic carbocycles. The Kier molecular flexibility index (Phi) is 5.82. The Morgan fingerprint density at radius 3 is 2.30 bits per heavy atom. The Bertz CT molecular complexity index is 1060. The summed E-state index contributed by atoms with van der Waals surface area (Å²) < 4.78 is 33.6. The highest BCUT2D eigenvalue weighted by molar-refractivity contribution is 7.89. The van der Waals surface area contributed by atoms with Crippen LogP contribution in [0, 0.1) is 0 Å². The average molecular weight is 384 g/mol. The SMILES string of the molecule is CCc1ccc(CC)c(CNS(=O)(=O)c2ccc3cc(OC)ccc3c2)c1. The second-order valence-corrected chi connectivity index (χ2v) is 8.28. The van der Waals surface area contributed by atoms with Gasteiger partial charge in [-0.05, 0) is 64.6 Å². The third kappa shape index (κ3) is 4.31.